The average molecular weight is 208 g/mol. The van der Waals surface area contributed by atoms with Crippen LogP contribution in [0.25, 0.3) is 0 Å². The molecule has 0 atom stereocenters. The molecular weight excluding hydrogens is 192 g/mol. The highest BCUT2D eigenvalue weighted by Crippen LogP contribution is 1.92. The Balaban J connectivity index is 3.92. The van der Waals surface area contributed by atoms with Crippen LogP contribution in [0.2, 0.25) is 0 Å². The van der Waals surface area contributed by atoms with Gasteiger partial charge in [0.1, 0.15) is 5.75 Å². The summed E-state index contributed by atoms with van der Waals surface area (Å²) in [5, 5.41) is 2.44. The van der Waals surface area contributed by atoms with Crippen LogP contribution < -0.4 is 11.1 Å². The summed E-state index contributed by atoms with van der Waals surface area (Å²) in [5.41, 5.74) is 5.06. The van der Waals surface area contributed by atoms with Crippen molar-refractivity contribution < 1.29 is 13.2 Å². The number of hydrogen-bond donors (Lipinski definition) is 2. The molecule has 0 aliphatic carbocycles. The number of hydrogen-bond acceptors (Lipinski definition) is 4. The summed E-state index contributed by atoms with van der Waals surface area (Å²) in [6, 6.07) is 0. The van der Waals surface area contributed by atoms with E-state index in [9.17, 15) is 13.2 Å². The zero-order chi connectivity index (χ0) is 10.7. The van der Waals surface area contributed by atoms with Crippen molar-refractivity contribution in [3.8, 4) is 0 Å². The smallest absolute Gasteiger partial charge is 0.235 e. The molecule has 6 heteroatoms. The predicted octanol–water partition coefficient (Wildman–Crippen LogP) is -1.12. The Labute approximate surface area is 78.6 Å². The van der Waals surface area contributed by atoms with Gasteiger partial charge in [0, 0.05) is 18.3 Å². The van der Waals surface area contributed by atoms with Crippen LogP contribution in [0.1, 0.15) is 13.8 Å². The van der Waals surface area contributed by atoms with Crippen molar-refractivity contribution in [2.75, 3.05) is 18.6 Å². The van der Waals surface area contributed by atoms with Crippen molar-refractivity contribution in [1.82, 2.24) is 5.32 Å². The molecule has 3 N–H and O–H groups in total. The molecule has 0 aromatic rings. The molecule has 0 aromatic carbocycles. The second-order valence-electron chi connectivity index (χ2n) is 3.84. The van der Waals surface area contributed by atoms with Gasteiger partial charge in [-0.2, -0.15) is 0 Å². The van der Waals surface area contributed by atoms with Gasteiger partial charge in [0.2, 0.25) is 5.91 Å². The number of carbonyl (C=O) groups is 1. The van der Waals surface area contributed by atoms with Crippen molar-refractivity contribution in [1.29, 1.82) is 0 Å². The van der Waals surface area contributed by atoms with Gasteiger partial charge in [-0.05, 0) is 13.8 Å². The summed E-state index contributed by atoms with van der Waals surface area (Å²) in [7, 11) is -3.24. The summed E-state index contributed by atoms with van der Waals surface area (Å²) in [6.45, 7) is 3.75. The van der Waals surface area contributed by atoms with Gasteiger partial charge in [0.05, 0.1) is 0 Å². The minimum absolute atomic E-state index is 0.265. The van der Waals surface area contributed by atoms with E-state index in [1.165, 1.54) is 0 Å². The first-order chi connectivity index (χ1) is 5.60. The maximum absolute atomic E-state index is 11.0. The van der Waals surface area contributed by atoms with Crippen molar-refractivity contribution in [2.45, 2.75) is 19.4 Å². The molecule has 1 amide bonds. The topological polar surface area (TPSA) is 89.3 Å². The van der Waals surface area contributed by atoms with Gasteiger partial charge in [-0.25, -0.2) is 8.42 Å². The number of nitrogens with one attached hydrogen (secondary N) is 1. The van der Waals surface area contributed by atoms with Crippen LogP contribution in [0, 0.1) is 0 Å². The van der Waals surface area contributed by atoms with Gasteiger partial charge in [0.25, 0.3) is 0 Å². The van der Waals surface area contributed by atoms with Crippen molar-refractivity contribution in [2.24, 2.45) is 5.73 Å². The maximum Gasteiger partial charge on any atom is 0.235 e. The Morgan fingerprint density at radius 2 is 1.92 bits per heavy atom. The molecule has 0 aliphatic heterocycles. The van der Waals surface area contributed by atoms with Crippen LogP contribution >= 0.6 is 0 Å². The molecule has 0 saturated carbocycles. The first kappa shape index (κ1) is 12.4. The highest BCUT2D eigenvalue weighted by molar-refractivity contribution is 7.91. The zero-order valence-electron chi connectivity index (χ0n) is 8.12. The van der Waals surface area contributed by atoms with Gasteiger partial charge < -0.3 is 11.1 Å². The average Bonchev–Trinajstić information content (AvgIpc) is 1.78. The minimum Gasteiger partial charge on any atom is -0.353 e. The quantitative estimate of drug-likeness (QED) is 0.612. The van der Waals surface area contributed by atoms with E-state index in [4.69, 9.17) is 5.73 Å². The van der Waals surface area contributed by atoms with E-state index in [1.54, 1.807) is 13.8 Å². The monoisotopic (exact) mass is 208 g/mol. The minimum atomic E-state index is -3.24. The number of sulfone groups is 1. The molecule has 0 aromatic heterocycles. The Kier molecular flexibility index (Phi) is 3.87. The molecule has 0 bridgehead atoms. The largest absolute Gasteiger partial charge is 0.353 e. The summed E-state index contributed by atoms with van der Waals surface area (Å²) in [4.78, 5) is 11.0. The SMILES string of the molecule is CC(C)(N)CNC(=O)CS(C)(=O)=O. The molecule has 78 valence electrons. The molecule has 0 fully saturated rings. The van der Waals surface area contributed by atoms with Crippen LogP contribution in [0.15, 0.2) is 0 Å². The molecule has 0 aliphatic rings. The van der Waals surface area contributed by atoms with Crippen LogP contribution in [0.4, 0.5) is 0 Å². The Morgan fingerprint density at radius 1 is 1.46 bits per heavy atom. The maximum atomic E-state index is 11.0. The highest BCUT2D eigenvalue weighted by atomic mass is 32.2. The third-order valence-electron chi connectivity index (χ3n) is 1.13. The first-order valence-electron chi connectivity index (χ1n) is 3.83. The second kappa shape index (κ2) is 4.06. The Hall–Kier alpha value is -0.620. The van der Waals surface area contributed by atoms with Gasteiger partial charge in [-0.1, -0.05) is 0 Å². The lowest BCUT2D eigenvalue weighted by atomic mass is 10.1. The molecule has 0 radical (unpaired) electrons. The summed E-state index contributed by atoms with van der Waals surface area (Å²) in [5.74, 6) is -0.996. The second-order valence-corrected chi connectivity index (χ2v) is 5.98. The third kappa shape index (κ3) is 9.29. The van der Waals surface area contributed by atoms with Gasteiger partial charge in [-0.3, -0.25) is 4.79 Å². The predicted molar refractivity (Wildman–Crippen MR) is 51.0 cm³/mol. The Morgan fingerprint density at radius 3 is 2.23 bits per heavy atom. The van der Waals surface area contributed by atoms with Crippen molar-refractivity contribution in [3.05, 3.63) is 0 Å². The van der Waals surface area contributed by atoms with E-state index < -0.39 is 27.0 Å². The first-order valence-corrected chi connectivity index (χ1v) is 5.89. The molecule has 0 unspecified atom stereocenters. The number of rotatable bonds is 4. The fourth-order valence-electron chi connectivity index (χ4n) is 0.616. The number of carbonyl (C=O) groups excluding carboxylic acids is 1. The lowest BCUT2D eigenvalue weighted by molar-refractivity contribution is -0.118. The van der Waals surface area contributed by atoms with E-state index in [2.05, 4.69) is 5.32 Å². The lowest BCUT2D eigenvalue weighted by Gasteiger charge is -2.18. The Bertz CT molecular complexity index is 277. The van der Waals surface area contributed by atoms with Gasteiger partial charge >= 0.3 is 0 Å². The number of nitrogens with two attached hydrogens (primary N) is 1. The number of amides is 1. The zero-order valence-corrected chi connectivity index (χ0v) is 8.94. The summed E-state index contributed by atoms with van der Waals surface area (Å²) in [6.07, 6.45) is 1.01. The van der Waals surface area contributed by atoms with E-state index in [0.29, 0.717) is 0 Å². The molecule has 0 spiro atoms. The van der Waals surface area contributed by atoms with E-state index >= 15 is 0 Å². The van der Waals surface area contributed by atoms with E-state index in [0.717, 1.165) is 6.26 Å². The molecular formula is C7H16N2O3S. The fourth-order valence-corrected chi connectivity index (χ4v) is 1.19. The van der Waals surface area contributed by atoms with E-state index in [1.807, 2.05) is 0 Å². The van der Waals surface area contributed by atoms with Gasteiger partial charge in [-0.15, -0.1) is 0 Å². The molecule has 13 heavy (non-hydrogen) atoms. The third-order valence-corrected chi connectivity index (χ3v) is 1.92. The molecule has 0 heterocycles. The summed E-state index contributed by atoms with van der Waals surface area (Å²) >= 11 is 0. The van der Waals surface area contributed by atoms with Crippen LogP contribution in [-0.4, -0.2) is 38.4 Å². The highest BCUT2D eigenvalue weighted by Gasteiger charge is 2.15. The van der Waals surface area contributed by atoms with Crippen molar-refractivity contribution >= 4 is 15.7 Å². The molecule has 0 rings (SSSR count). The standard InChI is InChI=1S/C7H16N2O3S/c1-7(2,8)5-9-6(10)4-13(3,11)12/h4-5,8H2,1-3H3,(H,9,10). The van der Waals surface area contributed by atoms with Crippen LogP contribution in [0.3, 0.4) is 0 Å². The van der Waals surface area contributed by atoms with Gasteiger partial charge in [0.15, 0.2) is 9.84 Å². The fraction of sp³-hybridized carbons (Fsp3) is 0.857. The van der Waals surface area contributed by atoms with Crippen molar-refractivity contribution in [3.63, 3.8) is 0 Å². The molecule has 0 saturated heterocycles. The lowest BCUT2D eigenvalue weighted by Crippen LogP contribution is -2.46. The van der Waals surface area contributed by atoms with Crippen LogP contribution in [-0.2, 0) is 14.6 Å². The summed E-state index contributed by atoms with van der Waals surface area (Å²) < 4.78 is 21.3. The van der Waals surface area contributed by atoms with Crippen LogP contribution in [0.5, 0.6) is 0 Å². The normalized spacial score (nSPS) is 12.6. The molecule has 5 nitrogen and oxygen atoms in total. The van der Waals surface area contributed by atoms with E-state index in [-0.39, 0.29) is 6.54 Å².